The molecule has 3 heterocycles. The van der Waals surface area contributed by atoms with Gasteiger partial charge in [-0.3, -0.25) is 19.4 Å². The number of rotatable bonds is 11. The molecule has 0 unspecified atom stereocenters. The number of nitrogens with one attached hydrogen (secondary N) is 1. The highest BCUT2D eigenvalue weighted by atomic mass is 16.5. The topological polar surface area (TPSA) is 181 Å². The second kappa shape index (κ2) is 16.1. The van der Waals surface area contributed by atoms with Crippen molar-refractivity contribution >= 4 is 35.1 Å². The summed E-state index contributed by atoms with van der Waals surface area (Å²) in [5.74, 6) is 5.77. The second-order valence-corrected chi connectivity index (χ2v) is 13.0. The maximum atomic E-state index is 14.5. The van der Waals surface area contributed by atoms with E-state index in [1.165, 1.54) is 27.1 Å². The Kier molecular flexibility index (Phi) is 11.2. The smallest absolute Gasteiger partial charge is 0.334 e. The third-order valence-corrected chi connectivity index (χ3v) is 9.50. The van der Waals surface area contributed by atoms with E-state index in [2.05, 4.69) is 11.9 Å². The molecule has 274 valence electrons. The average molecular weight is 712 g/mol. The lowest BCUT2D eigenvalue weighted by Crippen LogP contribution is -2.76. The minimum absolute atomic E-state index is 0.0193. The Morgan fingerprint density at radius 2 is 1.73 bits per heavy atom. The number of benzene rings is 3. The van der Waals surface area contributed by atoms with Crippen LogP contribution in [0.1, 0.15) is 16.7 Å². The molecule has 3 aliphatic rings. The summed E-state index contributed by atoms with van der Waals surface area (Å²) in [7, 11) is 0. The maximum absolute atomic E-state index is 14.5. The van der Waals surface area contributed by atoms with Crippen LogP contribution in [-0.2, 0) is 38.6 Å². The molecule has 3 saturated heterocycles. The van der Waals surface area contributed by atoms with Crippen LogP contribution in [0.25, 0.3) is 0 Å². The van der Waals surface area contributed by atoms with Gasteiger partial charge in [0.05, 0.1) is 37.7 Å². The highest BCUT2D eigenvalue weighted by Gasteiger charge is 2.51. The fraction of sp³-hybridized carbons (Fsp3) is 0.351. The van der Waals surface area contributed by atoms with E-state index in [4.69, 9.17) is 16.3 Å². The first kappa shape index (κ1) is 36.2. The summed E-state index contributed by atoms with van der Waals surface area (Å²) in [6.45, 7) is 5.86. The van der Waals surface area contributed by atoms with E-state index < -0.39 is 18.2 Å². The van der Waals surface area contributed by atoms with Crippen molar-refractivity contribution in [3.63, 3.8) is 0 Å². The Morgan fingerprint density at radius 3 is 2.44 bits per heavy atom. The van der Waals surface area contributed by atoms with E-state index in [-0.39, 0.29) is 69.2 Å². The summed E-state index contributed by atoms with van der Waals surface area (Å²) >= 11 is 0. The Labute approximate surface area is 302 Å². The van der Waals surface area contributed by atoms with Crippen molar-refractivity contribution in [1.29, 1.82) is 0 Å². The van der Waals surface area contributed by atoms with E-state index in [0.717, 1.165) is 11.1 Å². The fourth-order valence-electron chi connectivity index (χ4n) is 6.99. The van der Waals surface area contributed by atoms with Crippen molar-refractivity contribution in [2.75, 3.05) is 63.2 Å². The number of fused-ring (bicyclic) bond motifs is 1. The number of hydrogen-bond donors (Lipinski definition) is 4. The summed E-state index contributed by atoms with van der Waals surface area (Å²) in [6, 6.07) is 19.7. The summed E-state index contributed by atoms with van der Waals surface area (Å²) in [5.41, 5.74) is 9.39. The number of carbonyl (C=O) groups is 4. The van der Waals surface area contributed by atoms with Gasteiger partial charge in [-0.2, -0.15) is 0 Å². The van der Waals surface area contributed by atoms with Gasteiger partial charge in [-0.05, 0) is 34.9 Å². The molecule has 0 aromatic heterocycles. The molecule has 2 atom stereocenters. The van der Waals surface area contributed by atoms with Crippen molar-refractivity contribution in [2.45, 2.75) is 31.7 Å². The molecule has 3 aliphatic heterocycles. The van der Waals surface area contributed by atoms with Crippen LogP contribution in [0, 0.1) is 0 Å². The summed E-state index contributed by atoms with van der Waals surface area (Å²) in [4.78, 5) is 60.5. The van der Waals surface area contributed by atoms with Gasteiger partial charge in [0.1, 0.15) is 24.5 Å². The summed E-state index contributed by atoms with van der Waals surface area (Å²) < 4.78 is 5.38. The van der Waals surface area contributed by atoms with Crippen molar-refractivity contribution in [1.82, 2.24) is 30.0 Å². The fourth-order valence-corrected chi connectivity index (χ4v) is 6.99. The first-order valence-electron chi connectivity index (χ1n) is 17.2. The van der Waals surface area contributed by atoms with Crippen molar-refractivity contribution in [2.24, 2.45) is 5.84 Å². The number of aromatic hydroxyl groups is 1. The van der Waals surface area contributed by atoms with Gasteiger partial charge in [0.15, 0.2) is 0 Å². The van der Waals surface area contributed by atoms with Crippen molar-refractivity contribution < 1.29 is 29.0 Å². The van der Waals surface area contributed by atoms with Gasteiger partial charge in [0.25, 0.3) is 0 Å². The molecular formula is C37H45N9O6. The second-order valence-electron chi connectivity index (χ2n) is 13.0. The molecular weight excluding hydrogens is 666 g/mol. The largest absolute Gasteiger partial charge is 0.508 e. The van der Waals surface area contributed by atoms with Crippen LogP contribution in [0.15, 0.2) is 85.5 Å². The number of anilines is 2. The van der Waals surface area contributed by atoms with Gasteiger partial charge in [-0.15, -0.1) is 6.58 Å². The predicted molar refractivity (Wildman–Crippen MR) is 194 cm³/mol. The minimum Gasteiger partial charge on any atom is -0.508 e. The number of hydrazine groups is 2. The molecule has 15 nitrogen and oxygen atoms in total. The zero-order chi connectivity index (χ0) is 36.8. The number of piperazine rings is 1. The standard InChI is InChI=1S/C37H45N9O6/c1-2-15-43-24-34(49)45-31(20-26-11-13-29(47)14-12-26)36(50)42(23-32(45)46(43)37(51)40-21-27-7-4-3-5-8-27)22-28-9-6-10-30(38)35(28)44(39)25-33(48)41-16-18-52-19-17-41/h2-14,31-32,47H,1,15-25,38-39H2,(H,40,51)/t31-,32-/m0/s1. The van der Waals surface area contributed by atoms with Gasteiger partial charge >= 0.3 is 6.03 Å². The number of amides is 5. The number of phenols is 1. The van der Waals surface area contributed by atoms with Gasteiger partial charge in [-0.25, -0.2) is 20.7 Å². The Balaban J connectivity index is 1.33. The Hall–Kier alpha value is -5.64. The van der Waals surface area contributed by atoms with Crippen molar-refractivity contribution in [3.05, 3.63) is 102 Å². The lowest BCUT2D eigenvalue weighted by Gasteiger charge is -2.55. The van der Waals surface area contributed by atoms with Crippen LogP contribution in [0.4, 0.5) is 16.2 Å². The van der Waals surface area contributed by atoms with E-state index in [1.807, 2.05) is 30.3 Å². The van der Waals surface area contributed by atoms with Gasteiger partial charge in [0, 0.05) is 39.1 Å². The highest BCUT2D eigenvalue weighted by molar-refractivity contribution is 5.92. The maximum Gasteiger partial charge on any atom is 0.334 e. The molecule has 0 spiro atoms. The number of para-hydroxylation sites is 1. The predicted octanol–water partition coefficient (Wildman–Crippen LogP) is 1.25. The van der Waals surface area contributed by atoms with Crippen LogP contribution < -0.4 is 21.9 Å². The van der Waals surface area contributed by atoms with Gasteiger partial charge in [-0.1, -0.05) is 60.7 Å². The zero-order valence-electron chi connectivity index (χ0n) is 29.0. The van der Waals surface area contributed by atoms with Crippen LogP contribution in [0.3, 0.4) is 0 Å². The average Bonchev–Trinajstić information content (AvgIpc) is 3.14. The molecule has 0 aliphatic carbocycles. The van der Waals surface area contributed by atoms with E-state index in [1.54, 1.807) is 51.2 Å². The number of nitrogen functional groups attached to an aromatic ring is 1. The molecule has 0 saturated carbocycles. The molecule has 3 aromatic carbocycles. The van der Waals surface area contributed by atoms with Crippen LogP contribution in [0.5, 0.6) is 5.75 Å². The normalized spacial score (nSPS) is 19.3. The zero-order valence-corrected chi connectivity index (χ0v) is 29.0. The minimum atomic E-state index is -0.979. The van der Waals surface area contributed by atoms with E-state index >= 15 is 0 Å². The molecule has 3 fully saturated rings. The van der Waals surface area contributed by atoms with Crippen LogP contribution >= 0.6 is 0 Å². The van der Waals surface area contributed by atoms with Crippen LogP contribution in [-0.4, -0.2) is 118 Å². The highest BCUT2D eigenvalue weighted by Crippen LogP contribution is 2.33. The Bertz CT molecular complexity index is 1770. The number of nitrogens with two attached hydrogens (primary N) is 2. The van der Waals surface area contributed by atoms with Gasteiger partial charge < -0.3 is 35.6 Å². The van der Waals surface area contributed by atoms with E-state index in [0.29, 0.717) is 43.2 Å². The lowest BCUT2D eigenvalue weighted by molar-refractivity contribution is -0.189. The molecule has 5 amide bonds. The number of urea groups is 1. The monoisotopic (exact) mass is 711 g/mol. The molecule has 6 N–H and O–H groups in total. The first-order chi connectivity index (χ1) is 25.1. The number of nitrogens with zero attached hydrogens (tertiary/aromatic N) is 6. The van der Waals surface area contributed by atoms with E-state index in [9.17, 15) is 24.3 Å². The quantitative estimate of drug-likeness (QED) is 0.0979. The molecule has 6 rings (SSSR count). The summed E-state index contributed by atoms with van der Waals surface area (Å²) in [5, 5.41) is 17.3. The van der Waals surface area contributed by atoms with Gasteiger partial charge in [0.2, 0.25) is 17.7 Å². The number of phenolic OH excluding ortho intramolecular Hbond substituents is 1. The third-order valence-electron chi connectivity index (χ3n) is 9.50. The number of hydrogen-bond acceptors (Lipinski definition) is 10. The number of ether oxygens (including phenoxy) is 1. The Morgan fingerprint density at radius 1 is 1.00 bits per heavy atom. The molecule has 15 heteroatoms. The molecule has 0 radical (unpaired) electrons. The lowest BCUT2D eigenvalue weighted by atomic mass is 9.98. The SMILES string of the molecule is C=CCN1CC(=O)N2[C@@H](Cc3ccc(O)cc3)C(=O)N(Cc3cccc(N)c3N(N)CC(=O)N3CCOCC3)C[C@@H]2N1C(=O)NCc1ccccc1. The first-order valence-corrected chi connectivity index (χ1v) is 17.2. The van der Waals surface area contributed by atoms with Crippen LogP contribution in [0.2, 0.25) is 0 Å². The van der Waals surface area contributed by atoms with Crippen molar-refractivity contribution in [3.8, 4) is 5.75 Å². The number of carbonyl (C=O) groups excluding carboxylic acids is 4. The number of morpholine rings is 1. The third kappa shape index (κ3) is 7.96. The molecule has 0 bridgehead atoms. The molecule has 3 aromatic rings. The summed E-state index contributed by atoms with van der Waals surface area (Å²) in [6.07, 6.45) is 0.880. The molecule has 52 heavy (non-hydrogen) atoms.